The van der Waals surface area contributed by atoms with E-state index in [-0.39, 0.29) is 6.03 Å². The number of aliphatic carboxylic acids is 1. The first-order chi connectivity index (χ1) is 8.77. The molecule has 1 aliphatic rings. The van der Waals surface area contributed by atoms with Gasteiger partial charge in [0.1, 0.15) is 0 Å². The zero-order chi connectivity index (χ0) is 14.9. The van der Waals surface area contributed by atoms with E-state index in [9.17, 15) is 18.0 Å². The molecule has 4 N–H and O–H groups in total. The van der Waals surface area contributed by atoms with Crippen LogP contribution in [0.25, 0.3) is 0 Å². The molecular formula is C10H18F3N3O3. The van der Waals surface area contributed by atoms with Crippen molar-refractivity contribution in [2.45, 2.75) is 32.0 Å². The van der Waals surface area contributed by atoms with E-state index in [1.54, 1.807) is 0 Å². The number of alkyl halides is 3. The van der Waals surface area contributed by atoms with E-state index in [1.807, 2.05) is 6.92 Å². The molecule has 0 aromatic carbocycles. The quantitative estimate of drug-likeness (QED) is 0.601. The van der Waals surface area contributed by atoms with Crippen LogP contribution in [0.1, 0.15) is 19.8 Å². The predicted molar refractivity (Wildman–Crippen MR) is 61.8 cm³/mol. The third-order valence-electron chi connectivity index (χ3n) is 2.25. The monoisotopic (exact) mass is 285 g/mol. The minimum atomic E-state index is -5.08. The van der Waals surface area contributed by atoms with Crippen molar-refractivity contribution in [3.63, 3.8) is 0 Å². The molecule has 1 saturated heterocycles. The van der Waals surface area contributed by atoms with E-state index in [0.717, 1.165) is 25.9 Å². The summed E-state index contributed by atoms with van der Waals surface area (Å²) in [5.41, 5.74) is 0. The van der Waals surface area contributed by atoms with Gasteiger partial charge in [-0.25, -0.2) is 9.59 Å². The number of carbonyl (C=O) groups is 2. The van der Waals surface area contributed by atoms with Crippen LogP contribution in [0, 0.1) is 0 Å². The first kappa shape index (κ1) is 17.5. The molecular weight excluding hydrogens is 267 g/mol. The molecule has 0 saturated carbocycles. The minimum absolute atomic E-state index is 0.0376. The molecule has 0 atom stereocenters. The molecule has 9 heteroatoms. The second-order valence-electron chi connectivity index (χ2n) is 3.83. The van der Waals surface area contributed by atoms with E-state index in [4.69, 9.17) is 9.90 Å². The SMILES string of the molecule is CCNC(=O)NC1CCNCC1.O=C(O)C(F)(F)F. The zero-order valence-corrected chi connectivity index (χ0v) is 10.5. The summed E-state index contributed by atoms with van der Waals surface area (Å²) in [7, 11) is 0. The molecule has 1 aliphatic heterocycles. The Bertz CT molecular complexity index is 291. The maximum absolute atomic E-state index is 11.1. The Kier molecular flexibility index (Phi) is 7.89. The predicted octanol–water partition coefficient (Wildman–Crippen LogP) is 0.691. The molecule has 0 aromatic rings. The highest BCUT2D eigenvalue weighted by Crippen LogP contribution is 2.13. The molecule has 6 nitrogen and oxygen atoms in total. The van der Waals surface area contributed by atoms with E-state index < -0.39 is 12.1 Å². The van der Waals surface area contributed by atoms with Crippen molar-refractivity contribution >= 4 is 12.0 Å². The number of nitrogens with one attached hydrogen (secondary N) is 3. The topological polar surface area (TPSA) is 90.5 Å². The first-order valence-electron chi connectivity index (χ1n) is 5.82. The Morgan fingerprint density at radius 3 is 2.16 bits per heavy atom. The fourth-order valence-corrected chi connectivity index (χ4v) is 1.36. The summed E-state index contributed by atoms with van der Waals surface area (Å²) in [5.74, 6) is -2.76. The molecule has 0 unspecified atom stereocenters. The lowest BCUT2D eigenvalue weighted by Gasteiger charge is -2.23. The molecule has 1 fully saturated rings. The Morgan fingerprint density at radius 1 is 1.32 bits per heavy atom. The average Bonchev–Trinajstić information content (AvgIpc) is 2.30. The number of amides is 2. The van der Waals surface area contributed by atoms with Crippen LogP contribution < -0.4 is 16.0 Å². The molecule has 0 spiro atoms. The van der Waals surface area contributed by atoms with Gasteiger partial charge in [0.15, 0.2) is 0 Å². The van der Waals surface area contributed by atoms with Crippen LogP contribution in [-0.4, -0.2) is 49.0 Å². The van der Waals surface area contributed by atoms with Gasteiger partial charge in [0.25, 0.3) is 0 Å². The van der Waals surface area contributed by atoms with Gasteiger partial charge < -0.3 is 21.1 Å². The number of hydrogen-bond donors (Lipinski definition) is 4. The number of carbonyl (C=O) groups excluding carboxylic acids is 1. The Labute approximate surface area is 108 Å². The van der Waals surface area contributed by atoms with Gasteiger partial charge in [0.2, 0.25) is 0 Å². The van der Waals surface area contributed by atoms with Crippen LogP contribution in [-0.2, 0) is 4.79 Å². The van der Waals surface area contributed by atoms with Crippen LogP contribution in [0.2, 0.25) is 0 Å². The van der Waals surface area contributed by atoms with Crippen LogP contribution >= 0.6 is 0 Å². The van der Waals surface area contributed by atoms with Crippen LogP contribution in [0.5, 0.6) is 0 Å². The minimum Gasteiger partial charge on any atom is -0.475 e. The summed E-state index contributed by atoms with van der Waals surface area (Å²) in [5, 5.41) is 16.0. The lowest BCUT2D eigenvalue weighted by atomic mass is 10.1. The lowest BCUT2D eigenvalue weighted by Crippen LogP contribution is -2.46. The van der Waals surface area contributed by atoms with Crippen LogP contribution in [0.4, 0.5) is 18.0 Å². The number of piperidine rings is 1. The van der Waals surface area contributed by atoms with Gasteiger partial charge >= 0.3 is 18.2 Å². The number of urea groups is 1. The third-order valence-corrected chi connectivity index (χ3v) is 2.25. The second kappa shape index (κ2) is 8.57. The van der Waals surface area contributed by atoms with Gasteiger partial charge in [-0.2, -0.15) is 13.2 Å². The maximum Gasteiger partial charge on any atom is 0.490 e. The van der Waals surface area contributed by atoms with E-state index in [1.165, 1.54) is 0 Å². The fraction of sp³-hybridized carbons (Fsp3) is 0.800. The summed E-state index contributed by atoms with van der Waals surface area (Å²) in [6.45, 7) is 4.63. The molecule has 19 heavy (non-hydrogen) atoms. The summed E-state index contributed by atoms with van der Waals surface area (Å²) in [4.78, 5) is 20.0. The van der Waals surface area contributed by atoms with Gasteiger partial charge in [-0.3, -0.25) is 0 Å². The summed E-state index contributed by atoms with van der Waals surface area (Å²) < 4.78 is 31.7. The van der Waals surface area contributed by atoms with Gasteiger partial charge in [-0.15, -0.1) is 0 Å². The van der Waals surface area contributed by atoms with Crippen molar-refractivity contribution in [1.29, 1.82) is 0 Å². The first-order valence-corrected chi connectivity index (χ1v) is 5.82. The molecule has 112 valence electrons. The van der Waals surface area contributed by atoms with Crippen molar-refractivity contribution < 1.29 is 27.9 Å². The number of halogens is 3. The molecule has 1 heterocycles. The van der Waals surface area contributed by atoms with Crippen molar-refractivity contribution in [2.24, 2.45) is 0 Å². The van der Waals surface area contributed by atoms with Crippen molar-refractivity contribution in [3.05, 3.63) is 0 Å². The number of carboxylic acid groups (broad SMARTS) is 1. The molecule has 2 amide bonds. The number of hydrogen-bond acceptors (Lipinski definition) is 3. The van der Waals surface area contributed by atoms with Gasteiger partial charge in [0, 0.05) is 12.6 Å². The van der Waals surface area contributed by atoms with E-state index >= 15 is 0 Å². The highest BCUT2D eigenvalue weighted by atomic mass is 19.4. The van der Waals surface area contributed by atoms with Crippen LogP contribution in [0.15, 0.2) is 0 Å². The smallest absolute Gasteiger partial charge is 0.475 e. The largest absolute Gasteiger partial charge is 0.490 e. The van der Waals surface area contributed by atoms with Gasteiger partial charge in [-0.05, 0) is 32.9 Å². The van der Waals surface area contributed by atoms with Crippen molar-refractivity contribution in [2.75, 3.05) is 19.6 Å². The van der Waals surface area contributed by atoms with Gasteiger partial charge in [-0.1, -0.05) is 0 Å². The fourth-order valence-electron chi connectivity index (χ4n) is 1.36. The Hall–Kier alpha value is -1.51. The van der Waals surface area contributed by atoms with Crippen LogP contribution in [0.3, 0.4) is 0 Å². The van der Waals surface area contributed by atoms with E-state index in [0.29, 0.717) is 12.6 Å². The molecule has 0 aromatic heterocycles. The maximum atomic E-state index is 11.1. The Balaban J connectivity index is 0.000000399. The van der Waals surface area contributed by atoms with Gasteiger partial charge in [0.05, 0.1) is 0 Å². The Morgan fingerprint density at radius 2 is 1.79 bits per heavy atom. The number of carboxylic acids is 1. The van der Waals surface area contributed by atoms with E-state index in [2.05, 4.69) is 16.0 Å². The number of rotatable bonds is 2. The normalized spacial score (nSPS) is 16.0. The average molecular weight is 285 g/mol. The molecule has 0 aliphatic carbocycles. The van der Waals surface area contributed by atoms with Crippen molar-refractivity contribution in [1.82, 2.24) is 16.0 Å². The second-order valence-corrected chi connectivity index (χ2v) is 3.83. The molecule has 1 rings (SSSR count). The lowest BCUT2D eigenvalue weighted by molar-refractivity contribution is -0.192. The summed E-state index contributed by atoms with van der Waals surface area (Å²) >= 11 is 0. The third kappa shape index (κ3) is 9.11. The highest BCUT2D eigenvalue weighted by molar-refractivity contribution is 5.74. The molecule has 0 radical (unpaired) electrons. The zero-order valence-electron chi connectivity index (χ0n) is 10.5. The van der Waals surface area contributed by atoms with Crippen molar-refractivity contribution in [3.8, 4) is 0 Å². The standard InChI is InChI=1S/C8H17N3O.C2HF3O2/c1-2-10-8(12)11-7-3-5-9-6-4-7;3-2(4,5)1(6)7/h7,9H,2-6H2,1H3,(H2,10,11,12);(H,6,7). The molecule has 0 bridgehead atoms. The highest BCUT2D eigenvalue weighted by Gasteiger charge is 2.38. The summed E-state index contributed by atoms with van der Waals surface area (Å²) in [6.07, 6.45) is -3.01. The summed E-state index contributed by atoms with van der Waals surface area (Å²) in [6, 6.07) is 0.321.